The summed E-state index contributed by atoms with van der Waals surface area (Å²) in [5, 5.41) is 0. The first-order chi connectivity index (χ1) is 18.3. The third-order valence-electron chi connectivity index (χ3n) is 6.52. The van der Waals surface area contributed by atoms with Crippen LogP contribution in [0.25, 0.3) is 0 Å². The maximum Gasteiger partial charge on any atom is 0.269 e. The molecule has 0 aliphatic carbocycles. The Morgan fingerprint density at radius 2 is 1.21 bits per heavy atom. The summed E-state index contributed by atoms with van der Waals surface area (Å²) in [6, 6.07) is 23.6. The first kappa shape index (κ1) is 23.2. The van der Waals surface area contributed by atoms with Crippen LogP contribution in [0.1, 0.15) is 47.0 Å². The van der Waals surface area contributed by atoms with Crippen molar-refractivity contribution in [2.75, 3.05) is 11.9 Å². The molecule has 2 aliphatic rings. The number of amides is 4. The van der Waals surface area contributed by atoms with Gasteiger partial charge in [-0.1, -0.05) is 23.8 Å². The summed E-state index contributed by atoms with van der Waals surface area (Å²) in [5.74, 6) is -0.134. The predicted octanol–water partition coefficient (Wildman–Crippen LogP) is 5.61. The van der Waals surface area contributed by atoms with E-state index in [0.717, 1.165) is 15.4 Å². The molecular weight excluding hydrogens is 484 g/mol. The van der Waals surface area contributed by atoms with E-state index in [4.69, 9.17) is 9.47 Å². The lowest BCUT2D eigenvalue weighted by Crippen LogP contribution is -2.29. The molecule has 0 unspecified atom stereocenters. The number of carbonyl (C=O) groups is 4. The van der Waals surface area contributed by atoms with Crippen molar-refractivity contribution < 1.29 is 28.7 Å². The van der Waals surface area contributed by atoms with Gasteiger partial charge in [0.15, 0.2) is 0 Å². The van der Waals surface area contributed by atoms with E-state index in [1.807, 2.05) is 31.2 Å². The van der Waals surface area contributed by atoms with Crippen LogP contribution in [-0.2, 0) is 0 Å². The van der Waals surface area contributed by atoms with Crippen molar-refractivity contribution in [1.29, 1.82) is 0 Å². The number of hydrogen-bond acceptors (Lipinski definition) is 6. The molecule has 0 spiro atoms. The number of imide groups is 2. The number of fused-ring (bicyclic) bond motifs is 2. The lowest BCUT2D eigenvalue weighted by atomic mass is 10.1. The van der Waals surface area contributed by atoms with Crippen molar-refractivity contribution in [3.63, 3.8) is 0 Å². The third-order valence-corrected chi connectivity index (χ3v) is 6.52. The van der Waals surface area contributed by atoms with Gasteiger partial charge >= 0.3 is 0 Å². The summed E-state index contributed by atoms with van der Waals surface area (Å²) in [7, 11) is 1.41. The summed E-state index contributed by atoms with van der Waals surface area (Å²) < 4.78 is 11.8. The van der Waals surface area contributed by atoms with Crippen molar-refractivity contribution in [2.45, 2.75) is 6.92 Å². The van der Waals surface area contributed by atoms with Gasteiger partial charge in [0.05, 0.1) is 27.9 Å². The molecule has 186 valence electrons. The minimum atomic E-state index is -0.528. The van der Waals surface area contributed by atoms with Gasteiger partial charge < -0.3 is 9.47 Å². The van der Waals surface area contributed by atoms with Crippen LogP contribution in [0.4, 0.5) is 5.69 Å². The number of ether oxygens (including phenoxy) is 2. The van der Waals surface area contributed by atoms with E-state index >= 15 is 0 Å². The standard InChI is InChI=1S/C30H20N2O6/c1-17-6-10-19(11-7-17)37-20-12-8-18(9-13-20)32-29(35)23-4-3-5-25(26(23)30(32)36)38-21-14-15-22-24(16-21)28(34)31(2)27(22)33/h3-16H,1-2H3. The van der Waals surface area contributed by atoms with Crippen LogP contribution in [0, 0.1) is 6.92 Å². The average molecular weight is 504 g/mol. The van der Waals surface area contributed by atoms with E-state index in [0.29, 0.717) is 17.2 Å². The Hall–Kier alpha value is -5.24. The Labute approximate surface area is 217 Å². The topological polar surface area (TPSA) is 93.2 Å². The molecule has 4 amide bonds. The molecule has 4 aromatic carbocycles. The molecular formula is C30H20N2O6. The van der Waals surface area contributed by atoms with Crippen molar-refractivity contribution in [1.82, 2.24) is 4.90 Å². The Kier molecular flexibility index (Phi) is 5.31. The van der Waals surface area contributed by atoms with E-state index in [2.05, 4.69) is 0 Å². The fourth-order valence-corrected chi connectivity index (χ4v) is 4.51. The van der Waals surface area contributed by atoms with Crippen molar-refractivity contribution >= 4 is 29.3 Å². The number of hydrogen-bond donors (Lipinski definition) is 0. The van der Waals surface area contributed by atoms with Crippen molar-refractivity contribution in [2.24, 2.45) is 0 Å². The second-order valence-electron chi connectivity index (χ2n) is 9.01. The normalized spacial score (nSPS) is 14.2. The maximum absolute atomic E-state index is 13.4. The van der Waals surface area contributed by atoms with Gasteiger partial charge in [-0.2, -0.15) is 0 Å². The minimum Gasteiger partial charge on any atom is -0.457 e. The molecule has 0 bridgehead atoms. The van der Waals surface area contributed by atoms with Gasteiger partial charge in [0, 0.05) is 7.05 Å². The highest BCUT2D eigenvalue weighted by molar-refractivity contribution is 6.35. The molecule has 38 heavy (non-hydrogen) atoms. The second-order valence-corrected chi connectivity index (χ2v) is 9.01. The fraction of sp³-hybridized carbons (Fsp3) is 0.0667. The molecule has 0 aromatic heterocycles. The van der Waals surface area contributed by atoms with Crippen molar-refractivity contribution in [3.05, 3.63) is 113 Å². The summed E-state index contributed by atoms with van der Waals surface area (Å²) >= 11 is 0. The first-order valence-corrected chi connectivity index (χ1v) is 11.8. The highest BCUT2D eigenvalue weighted by atomic mass is 16.5. The Bertz CT molecular complexity index is 1660. The molecule has 8 nitrogen and oxygen atoms in total. The minimum absolute atomic E-state index is 0.123. The molecule has 0 atom stereocenters. The van der Waals surface area contributed by atoms with Crippen LogP contribution in [0.3, 0.4) is 0 Å². The summed E-state index contributed by atoms with van der Waals surface area (Å²) in [6.07, 6.45) is 0. The van der Waals surface area contributed by atoms with Gasteiger partial charge in [0.1, 0.15) is 23.0 Å². The van der Waals surface area contributed by atoms with E-state index < -0.39 is 17.7 Å². The summed E-state index contributed by atoms with van der Waals surface area (Å²) in [5.41, 5.74) is 2.35. The molecule has 0 radical (unpaired) electrons. The van der Waals surface area contributed by atoms with E-state index in [-0.39, 0.29) is 39.7 Å². The molecule has 4 aromatic rings. The molecule has 0 saturated carbocycles. The van der Waals surface area contributed by atoms with Crippen LogP contribution in [0.5, 0.6) is 23.0 Å². The largest absolute Gasteiger partial charge is 0.457 e. The third kappa shape index (κ3) is 3.70. The maximum atomic E-state index is 13.4. The molecule has 2 heterocycles. The number of aryl methyl sites for hydroxylation is 1. The highest BCUT2D eigenvalue weighted by Gasteiger charge is 2.39. The number of nitrogens with zero attached hydrogens (tertiary/aromatic N) is 2. The van der Waals surface area contributed by atoms with Crippen molar-refractivity contribution in [3.8, 4) is 23.0 Å². The van der Waals surface area contributed by atoms with Gasteiger partial charge in [0.2, 0.25) is 0 Å². The molecule has 0 saturated heterocycles. The number of anilines is 1. The van der Waals surface area contributed by atoms with Crippen LogP contribution < -0.4 is 14.4 Å². The first-order valence-electron chi connectivity index (χ1n) is 11.8. The predicted molar refractivity (Wildman–Crippen MR) is 138 cm³/mol. The quantitative estimate of drug-likeness (QED) is 0.328. The smallest absolute Gasteiger partial charge is 0.269 e. The molecule has 2 aliphatic heterocycles. The Morgan fingerprint density at radius 1 is 0.579 bits per heavy atom. The average Bonchev–Trinajstić information content (AvgIpc) is 3.31. The Balaban J connectivity index is 1.26. The lowest BCUT2D eigenvalue weighted by Gasteiger charge is -2.15. The van der Waals surface area contributed by atoms with E-state index in [9.17, 15) is 19.2 Å². The highest BCUT2D eigenvalue weighted by Crippen LogP contribution is 2.37. The zero-order valence-electron chi connectivity index (χ0n) is 20.4. The van der Waals surface area contributed by atoms with Gasteiger partial charge in [-0.3, -0.25) is 24.1 Å². The van der Waals surface area contributed by atoms with Gasteiger partial charge in [0.25, 0.3) is 23.6 Å². The zero-order chi connectivity index (χ0) is 26.6. The molecule has 8 heteroatoms. The van der Waals surface area contributed by atoms with Gasteiger partial charge in [-0.05, 0) is 73.7 Å². The van der Waals surface area contributed by atoms with Crippen LogP contribution in [0.15, 0.2) is 84.9 Å². The van der Waals surface area contributed by atoms with Gasteiger partial charge in [-0.15, -0.1) is 0 Å². The van der Waals surface area contributed by atoms with Crippen LogP contribution >= 0.6 is 0 Å². The zero-order valence-corrected chi connectivity index (χ0v) is 20.4. The monoisotopic (exact) mass is 504 g/mol. The number of carbonyl (C=O) groups excluding carboxylic acids is 4. The lowest BCUT2D eigenvalue weighted by molar-refractivity contribution is 0.0692. The molecule has 6 rings (SSSR count). The number of rotatable bonds is 5. The SMILES string of the molecule is Cc1ccc(Oc2ccc(N3C(=O)c4cccc(Oc5ccc6c(c5)C(=O)N(C)C6=O)c4C3=O)cc2)cc1. The molecule has 0 N–H and O–H groups in total. The summed E-state index contributed by atoms with van der Waals surface area (Å²) in [4.78, 5) is 53.3. The summed E-state index contributed by atoms with van der Waals surface area (Å²) in [6.45, 7) is 1.99. The van der Waals surface area contributed by atoms with E-state index in [1.54, 1.807) is 48.5 Å². The van der Waals surface area contributed by atoms with E-state index in [1.165, 1.54) is 19.2 Å². The van der Waals surface area contributed by atoms with Crippen LogP contribution in [-0.4, -0.2) is 35.6 Å². The Morgan fingerprint density at radius 3 is 1.92 bits per heavy atom. The van der Waals surface area contributed by atoms with Crippen LogP contribution in [0.2, 0.25) is 0 Å². The fourth-order valence-electron chi connectivity index (χ4n) is 4.51. The number of benzene rings is 4. The second kappa shape index (κ2) is 8.70. The van der Waals surface area contributed by atoms with Gasteiger partial charge in [-0.25, -0.2) is 4.90 Å². The molecule has 0 fully saturated rings.